The van der Waals surface area contributed by atoms with Gasteiger partial charge >= 0.3 is 0 Å². The van der Waals surface area contributed by atoms with Crippen molar-refractivity contribution in [3.05, 3.63) is 42.9 Å². The Balaban J connectivity index is 1.78. The number of aromatic nitrogens is 3. The van der Waals surface area contributed by atoms with E-state index in [2.05, 4.69) is 10.3 Å². The SMILES string of the molecule is CCN(CCn1cccn1)S(=O)(=O)c1ccc(-c2ccno2)s1. The zero-order chi connectivity index (χ0) is 16.3. The molecule has 0 fully saturated rings. The van der Waals surface area contributed by atoms with Crippen molar-refractivity contribution < 1.29 is 12.9 Å². The lowest BCUT2D eigenvalue weighted by Gasteiger charge is -2.19. The van der Waals surface area contributed by atoms with Gasteiger partial charge < -0.3 is 4.52 Å². The molecule has 0 bridgehead atoms. The molecule has 0 radical (unpaired) electrons. The van der Waals surface area contributed by atoms with Gasteiger partial charge in [-0.05, 0) is 18.2 Å². The highest BCUT2D eigenvalue weighted by Gasteiger charge is 2.25. The van der Waals surface area contributed by atoms with Crippen LogP contribution in [0.4, 0.5) is 0 Å². The highest BCUT2D eigenvalue weighted by atomic mass is 32.2. The van der Waals surface area contributed by atoms with Gasteiger partial charge in [0.25, 0.3) is 10.0 Å². The van der Waals surface area contributed by atoms with Crippen LogP contribution < -0.4 is 0 Å². The molecule has 0 aliphatic rings. The first-order valence-corrected chi connectivity index (χ1v) is 9.35. The van der Waals surface area contributed by atoms with Gasteiger partial charge in [0.15, 0.2) is 5.76 Å². The highest BCUT2D eigenvalue weighted by molar-refractivity contribution is 7.91. The summed E-state index contributed by atoms with van der Waals surface area (Å²) in [4.78, 5) is 0.740. The van der Waals surface area contributed by atoms with Gasteiger partial charge in [-0.15, -0.1) is 11.3 Å². The molecule has 3 rings (SSSR count). The van der Waals surface area contributed by atoms with Gasteiger partial charge in [0, 0.05) is 31.5 Å². The number of hydrogen-bond acceptors (Lipinski definition) is 6. The Morgan fingerprint density at radius 1 is 1.30 bits per heavy atom. The fourth-order valence-corrected chi connectivity index (χ4v) is 5.01. The Labute approximate surface area is 138 Å². The molecular formula is C14H16N4O3S2. The molecule has 0 saturated heterocycles. The van der Waals surface area contributed by atoms with E-state index in [4.69, 9.17) is 4.52 Å². The molecule has 0 atom stereocenters. The number of hydrogen-bond donors (Lipinski definition) is 0. The van der Waals surface area contributed by atoms with Gasteiger partial charge in [0.2, 0.25) is 0 Å². The monoisotopic (exact) mass is 352 g/mol. The zero-order valence-electron chi connectivity index (χ0n) is 12.5. The van der Waals surface area contributed by atoms with Crippen molar-refractivity contribution in [1.29, 1.82) is 0 Å². The molecule has 0 saturated carbocycles. The van der Waals surface area contributed by atoms with Crippen LogP contribution in [0.15, 0.2) is 51.6 Å². The lowest BCUT2D eigenvalue weighted by atomic mass is 10.4. The quantitative estimate of drug-likeness (QED) is 0.652. The van der Waals surface area contributed by atoms with Crippen molar-refractivity contribution in [2.45, 2.75) is 17.7 Å². The lowest BCUT2D eigenvalue weighted by Crippen LogP contribution is -2.33. The minimum absolute atomic E-state index is 0.297. The maximum atomic E-state index is 12.8. The molecule has 3 heterocycles. The second kappa shape index (κ2) is 6.65. The molecule has 0 spiro atoms. The first kappa shape index (κ1) is 15.9. The first-order chi connectivity index (χ1) is 11.1. The minimum atomic E-state index is -3.53. The molecule has 3 aromatic rings. The van der Waals surface area contributed by atoms with Crippen LogP contribution in [0.2, 0.25) is 0 Å². The minimum Gasteiger partial charge on any atom is -0.355 e. The van der Waals surface area contributed by atoms with Gasteiger partial charge in [-0.1, -0.05) is 12.1 Å². The van der Waals surface area contributed by atoms with Crippen molar-refractivity contribution in [3.8, 4) is 10.6 Å². The van der Waals surface area contributed by atoms with E-state index in [9.17, 15) is 8.42 Å². The summed E-state index contributed by atoms with van der Waals surface area (Å²) in [5.74, 6) is 0.566. The molecule has 23 heavy (non-hydrogen) atoms. The van der Waals surface area contributed by atoms with Crippen molar-refractivity contribution in [2.24, 2.45) is 0 Å². The average molecular weight is 352 g/mol. The summed E-state index contributed by atoms with van der Waals surface area (Å²) in [6.45, 7) is 3.11. The third-order valence-electron chi connectivity index (χ3n) is 3.35. The number of likely N-dealkylation sites (N-methyl/N-ethyl adjacent to an activating group) is 1. The predicted octanol–water partition coefficient (Wildman–Crippen LogP) is 2.31. The van der Waals surface area contributed by atoms with Crippen molar-refractivity contribution in [2.75, 3.05) is 13.1 Å². The number of rotatable bonds is 7. The Hall–Kier alpha value is -1.97. The van der Waals surface area contributed by atoms with Crippen LogP contribution in [0, 0.1) is 0 Å². The van der Waals surface area contributed by atoms with E-state index >= 15 is 0 Å². The summed E-state index contributed by atoms with van der Waals surface area (Å²) in [6, 6.07) is 6.86. The van der Waals surface area contributed by atoms with E-state index in [0.29, 0.717) is 29.6 Å². The number of thiophene rings is 1. The van der Waals surface area contributed by atoms with Gasteiger partial charge in [0.05, 0.1) is 17.6 Å². The summed E-state index contributed by atoms with van der Waals surface area (Å²) in [5, 5.41) is 7.73. The number of sulfonamides is 1. The van der Waals surface area contributed by atoms with Crippen LogP contribution in [0.1, 0.15) is 6.92 Å². The molecule has 9 heteroatoms. The summed E-state index contributed by atoms with van der Waals surface area (Å²) in [5.41, 5.74) is 0. The third-order valence-corrected chi connectivity index (χ3v) is 6.89. The van der Waals surface area contributed by atoms with Gasteiger partial charge in [0.1, 0.15) is 4.21 Å². The van der Waals surface area contributed by atoms with E-state index in [1.54, 1.807) is 29.1 Å². The Kier molecular flexibility index (Phi) is 4.60. The molecule has 0 unspecified atom stereocenters. The molecule has 0 aliphatic heterocycles. The van der Waals surface area contributed by atoms with E-state index < -0.39 is 10.0 Å². The lowest BCUT2D eigenvalue weighted by molar-refractivity contribution is 0.398. The summed E-state index contributed by atoms with van der Waals surface area (Å²) >= 11 is 1.18. The second-order valence-electron chi connectivity index (χ2n) is 4.76. The van der Waals surface area contributed by atoms with Crippen LogP contribution in [-0.4, -0.2) is 40.7 Å². The fraction of sp³-hybridized carbons (Fsp3) is 0.286. The van der Waals surface area contributed by atoms with Crippen LogP contribution in [0.25, 0.3) is 10.6 Å². The molecular weight excluding hydrogens is 336 g/mol. The van der Waals surface area contributed by atoms with Gasteiger partial charge in [-0.3, -0.25) is 4.68 Å². The Morgan fingerprint density at radius 2 is 2.17 bits per heavy atom. The van der Waals surface area contributed by atoms with Crippen molar-refractivity contribution >= 4 is 21.4 Å². The van der Waals surface area contributed by atoms with Gasteiger partial charge in [-0.2, -0.15) is 9.40 Å². The predicted molar refractivity (Wildman–Crippen MR) is 86.5 cm³/mol. The van der Waals surface area contributed by atoms with E-state index in [1.807, 2.05) is 19.2 Å². The van der Waals surface area contributed by atoms with Crippen LogP contribution in [0.5, 0.6) is 0 Å². The van der Waals surface area contributed by atoms with Crippen LogP contribution >= 0.6 is 11.3 Å². The molecule has 0 aromatic carbocycles. The van der Waals surface area contributed by atoms with Crippen molar-refractivity contribution in [3.63, 3.8) is 0 Å². The molecule has 0 aliphatic carbocycles. The largest absolute Gasteiger partial charge is 0.355 e. The van der Waals surface area contributed by atoms with E-state index in [1.165, 1.54) is 21.8 Å². The van der Waals surface area contributed by atoms with Crippen LogP contribution in [-0.2, 0) is 16.6 Å². The summed E-state index contributed by atoms with van der Waals surface area (Å²) < 4.78 is 34.1. The Morgan fingerprint density at radius 3 is 2.83 bits per heavy atom. The maximum absolute atomic E-state index is 12.8. The average Bonchev–Trinajstić information content (AvgIpc) is 3.28. The highest BCUT2D eigenvalue weighted by Crippen LogP contribution is 2.32. The van der Waals surface area contributed by atoms with Crippen LogP contribution in [0.3, 0.4) is 0 Å². The molecule has 122 valence electrons. The van der Waals surface area contributed by atoms with E-state index in [0.717, 1.165) is 4.88 Å². The number of nitrogens with zero attached hydrogens (tertiary/aromatic N) is 4. The summed E-state index contributed by atoms with van der Waals surface area (Å²) in [7, 11) is -3.53. The standard InChI is InChI=1S/C14H16N4O3S2/c1-2-18(11-10-17-9-3-7-15-17)23(19,20)14-5-4-13(22-14)12-6-8-16-21-12/h3-9H,2,10-11H2,1H3. The molecule has 3 aromatic heterocycles. The second-order valence-corrected chi connectivity index (χ2v) is 8.01. The maximum Gasteiger partial charge on any atom is 0.252 e. The summed E-state index contributed by atoms with van der Waals surface area (Å²) in [6.07, 6.45) is 5.02. The smallest absolute Gasteiger partial charge is 0.252 e. The normalized spacial score (nSPS) is 12.1. The van der Waals surface area contributed by atoms with Gasteiger partial charge in [-0.25, -0.2) is 8.42 Å². The van der Waals surface area contributed by atoms with Crippen molar-refractivity contribution in [1.82, 2.24) is 19.2 Å². The molecule has 7 nitrogen and oxygen atoms in total. The topological polar surface area (TPSA) is 81.2 Å². The molecule has 0 N–H and O–H groups in total. The Bertz CT molecular complexity index is 839. The van der Waals surface area contributed by atoms with E-state index in [-0.39, 0.29) is 0 Å². The first-order valence-electron chi connectivity index (χ1n) is 7.09. The molecule has 0 amide bonds. The zero-order valence-corrected chi connectivity index (χ0v) is 14.1. The fourth-order valence-electron chi connectivity index (χ4n) is 2.16. The third kappa shape index (κ3) is 3.36.